The largest absolute Gasteiger partial charge is 0.309 e. The van der Waals surface area contributed by atoms with Crippen LogP contribution in [0.2, 0.25) is 0 Å². The molecule has 0 aromatic heterocycles. The van der Waals surface area contributed by atoms with Gasteiger partial charge in [0.25, 0.3) is 0 Å². The minimum Gasteiger partial charge on any atom is -0.309 e. The second-order valence-corrected chi connectivity index (χ2v) is 4.62. The highest BCUT2D eigenvalue weighted by Crippen LogP contribution is 2.11. The summed E-state index contributed by atoms with van der Waals surface area (Å²) in [5.41, 5.74) is 4.51. The second kappa shape index (κ2) is 5.78. The Morgan fingerprint density at radius 2 is 1.67 bits per heavy atom. The average Bonchev–Trinajstić information content (AvgIpc) is 2.34. The molecule has 0 fully saturated rings. The van der Waals surface area contributed by atoms with Gasteiger partial charge in [0, 0.05) is 18.7 Å². The first-order valence-corrected chi connectivity index (χ1v) is 6.17. The number of aryl methyl sites for hydroxylation is 2. The van der Waals surface area contributed by atoms with Gasteiger partial charge in [0.1, 0.15) is 5.82 Å². The number of hydrogen-bond acceptors (Lipinski definition) is 1. The van der Waals surface area contributed by atoms with Crippen molar-refractivity contribution in [3.8, 4) is 0 Å². The molecular formula is C16H18FN. The fourth-order valence-electron chi connectivity index (χ4n) is 2.02. The molecule has 0 heterocycles. The zero-order valence-electron chi connectivity index (χ0n) is 10.8. The SMILES string of the molecule is Cc1ccc(CNCc2ccccc2F)c(C)c1. The third-order valence-electron chi connectivity index (χ3n) is 3.09. The van der Waals surface area contributed by atoms with Crippen molar-refractivity contribution in [2.75, 3.05) is 0 Å². The molecule has 1 nitrogen and oxygen atoms in total. The second-order valence-electron chi connectivity index (χ2n) is 4.62. The van der Waals surface area contributed by atoms with Gasteiger partial charge < -0.3 is 5.32 Å². The molecule has 2 aromatic carbocycles. The van der Waals surface area contributed by atoms with Crippen molar-refractivity contribution in [1.29, 1.82) is 0 Å². The highest BCUT2D eigenvalue weighted by atomic mass is 19.1. The Hall–Kier alpha value is -1.67. The predicted octanol–water partition coefficient (Wildman–Crippen LogP) is 3.73. The van der Waals surface area contributed by atoms with Crippen LogP contribution >= 0.6 is 0 Å². The van der Waals surface area contributed by atoms with Crippen molar-refractivity contribution in [1.82, 2.24) is 5.32 Å². The van der Waals surface area contributed by atoms with Crippen LogP contribution < -0.4 is 5.32 Å². The molecule has 0 aliphatic heterocycles. The molecule has 2 aromatic rings. The van der Waals surface area contributed by atoms with E-state index >= 15 is 0 Å². The van der Waals surface area contributed by atoms with Crippen molar-refractivity contribution in [2.24, 2.45) is 0 Å². The van der Waals surface area contributed by atoms with Gasteiger partial charge in [0.05, 0.1) is 0 Å². The van der Waals surface area contributed by atoms with Crippen LogP contribution in [0.3, 0.4) is 0 Å². The molecule has 0 amide bonds. The lowest BCUT2D eigenvalue weighted by molar-refractivity contribution is 0.587. The molecule has 18 heavy (non-hydrogen) atoms. The number of nitrogens with one attached hydrogen (secondary N) is 1. The topological polar surface area (TPSA) is 12.0 Å². The third kappa shape index (κ3) is 3.17. The molecule has 0 saturated heterocycles. The van der Waals surface area contributed by atoms with Crippen LogP contribution in [0.25, 0.3) is 0 Å². The van der Waals surface area contributed by atoms with Gasteiger partial charge in [-0.25, -0.2) is 4.39 Å². The number of halogens is 1. The standard InChI is InChI=1S/C16H18FN/c1-12-7-8-14(13(2)9-12)10-18-11-15-5-3-4-6-16(15)17/h3-9,18H,10-11H2,1-2H3. The van der Waals surface area contributed by atoms with Gasteiger partial charge in [0.2, 0.25) is 0 Å². The zero-order chi connectivity index (χ0) is 13.0. The van der Waals surface area contributed by atoms with E-state index < -0.39 is 0 Å². The van der Waals surface area contributed by atoms with E-state index in [-0.39, 0.29) is 5.82 Å². The molecule has 2 rings (SSSR count). The van der Waals surface area contributed by atoms with Gasteiger partial charge >= 0.3 is 0 Å². The Bertz CT molecular complexity index is 534. The highest BCUT2D eigenvalue weighted by molar-refractivity contribution is 5.30. The van der Waals surface area contributed by atoms with Crippen LogP contribution in [0.15, 0.2) is 42.5 Å². The maximum Gasteiger partial charge on any atom is 0.127 e. The van der Waals surface area contributed by atoms with Crippen LogP contribution in [0.4, 0.5) is 4.39 Å². The first-order chi connectivity index (χ1) is 8.66. The molecule has 94 valence electrons. The first kappa shape index (κ1) is 12.8. The minimum absolute atomic E-state index is 0.148. The molecule has 0 atom stereocenters. The number of hydrogen-bond donors (Lipinski definition) is 1. The van der Waals surface area contributed by atoms with Crippen LogP contribution in [-0.4, -0.2) is 0 Å². The third-order valence-corrected chi connectivity index (χ3v) is 3.09. The monoisotopic (exact) mass is 243 g/mol. The highest BCUT2D eigenvalue weighted by Gasteiger charge is 2.01. The van der Waals surface area contributed by atoms with Crippen molar-refractivity contribution in [2.45, 2.75) is 26.9 Å². The molecule has 0 spiro atoms. The molecule has 0 bridgehead atoms. The fourth-order valence-corrected chi connectivity index (χ4v) is 2.02. The normalized spacial score (nSPS) is 10.6. The fraction of sp³-hybridized carbons (Fsp3) is 0.250. The molecule has 0 unspecified atom stereocenters. The zero-order valence-corrected chi connectivity index (χ0v) is 10.8. The van der Waals surface area contributed by atoms with E-state index in [9.17, 15) is 4.39 Å². The average molecular weight is 243 g/mol. The first-order valence-electron chi connectivity index (χ1n) is 6.17. The van der Waals surface area contributed by atoms with E-state index in [1.165, 1.54) is 22.8 Å². The van der Waals surface area contributed by atoms with E-state index in [1.54, 1.807) is 6.07 Å². The molecule has 0 aliphatic carbocycles. The summed E-state index contributed by atoms with van der Waals surface area (Å²) in [6, 6.07) is 13.3. The summed E-state index contributed by atoms with van der Waals surface area (Å²) < 4.78 is 13.4. The van der Waals surface area contributed by atoms with Gasteiger partial charge in [-0.2, -0.15) is 0 Å². The van der Waals surface area contributed by atoms with Crippen molar-refractivity contribution in [3.63, 3.8) is 0 Å². The Morgan fingerprint density at radius 3 is 2.39 bits per heavy atom. The Morgan fingerprint density at radius 1 is 0.944 bits per heavy atom. The summed E-state index contributed by atoms with van der Waals surface area (Å²) in [6.07, 6.45) is 0. The van der Waals surface area contributed by atoms with Gasteiger partial charge in [-0.3, -0.25) is 0 Å². The Kier molecular flexibility index (Phi) is 4.11. The van der Waals surface area contributed by atoms with E-state index in [0.717, 1.165) is 6.54 Å². The summed E-state index contributed by atoms with van der Waals surface area (Å²) in [6.45, 7) is 5.51. The lowest BCUT2D eigenvalue weighted by Crippen LogP contribution is -2.14. The predicted molar refractivity (Wildman–Crippen MR) is 72.9 cm³/mol. The number of benzene rings is 2. The maximum absolute atomic E-state index is 13.4. The van der Waals surface area contributed by atoms with E-state index in [2.05, 4.69) is 37.4 Å². The quantitative estimate of drug-likeness (QED) is 0.862. The lowest BCUT2D eigenvalue weighted by atomic mass is 10.1. The van der Waals surface area contributed by atoms with Gasteiger partial charge in [-0.1, -0.05) is 42.0 Å². The smallest absolute Gasteiger partial charge is 0.127 e. The molecule has 0 saturated carbocycles. The van der Waals surface area contributed by atoms with E-state index in [1.807, 2.05) is 12.1 Å². The van der Waals surface area contributed by atoms with Crippen molar-refractivity contribution >= 4 is 0 Å². The van der Waals surface area contributed by atoms with Crippen LogP contribution in [0, 0.1) is 19.7 Å². The molecule has 1 N–H and O–H groups in total. The van der Waals surface area contributed by atoms with Crippen LogP contribution in [0.5, 0.6) is 0 Å². The summed E-state index contributed by atoms with van der Waals surface area (Å²) in [7, 11) is 0. The summed E-state index contributed by atoms with van der Waals surface area (Å²) >= 11 is 0. The summed E-state index contributed by atoms with van der Waals surface area (Å²) in [4.78, 5) is 0. The maximum atomic E-state index is 13.4. The number of rotatable bonds is 4. The molecule has 0 radical (unpaired) electrons. The minimum atomic E-state index is -0.148. The molecule has 2 heteroatoms. The summed E-state index contributed by atoms with van der Waals surface area (Å²) in [5, 5.41) is 3.28. The van der Waals surface area contributed by atoms with Gasteiger partial charge in [0.15, 0.2) is 0 Å². The van der Waals surface area contributed by atoms with E-state index in [4.69, 9.17) is 0 Å². The lowest BCUT2D eigenvalue weighted by Gasteiger charge is -2.09. The Labute approximate surface area is 108 Å². The van der Waals surface area contributed by atoms with E-state index in [0.29, 0.717) is 12.1 Å². The van der Waals surface area contributed by atoms with Crippen molar-refractivity contribution < 1.29 is 4.39 Å². The molecule has 0 aliphatic rings. The van der Waals surface area contributed by atoms with Gasteiger partial charge in [-0.15, -0.1) is 0 Å². The Balaban J connectivity index is 1.95. The summed E-state index contributed by atoms with van der Waals surface area (Å²) in [5.74, 6) is -0.148. The van der Waals surface area contributed by atoms with Crippen LogP contribution in [0.1, 0.15) is 22.3 Å². The molecular weight excluding hydrogens is 225 g/mol. The van der Waals surface area contributed by atoms with Crippen molar-refractivity contribution in [3.05, 3.63) is 70.5 Å². The van der Waals surface area contributed by atoms with Gasteiger partial charge in [-0.05, 0) is 31.0 Å². The van der Waals surface area contributed by atoms with Crippen LogP contribution in [-0.2, 0) is 13.1 Å².